The number of benzene rings is 2. The van der Waals surface area contributed by atoms with Crippen LogP contribution in [-0.2, 0) is 11.3 Å². The number of fused-ring (bicyclic) bond motifs is 1. The molecule has 3 rings (SSSR count). The van der Waals surface area contributed by atoms with Crippen LogP contribution in [0.2, 0.25) is 0 Å². The van der Waals surface area contributed by atoms with Crippen molar-refractivity contribution in [2.45, 2.75) is 20.4 Å². The summed E-state index contributed by atoms with van der Waals surface area (Å²) >= 11 is 6.90. The number of aldehydes is 1. The third-order valence-corrected chi connectivity index (χ3v) is 5.66. The second kappa shape index (κ2) is 7.14. The third kappa shape index (κ3) is 3.55. The number of hydrogen-bond acceptors (Lipinski definition) is 2. The highest BCUT2D eigenvalue weighted by molar-refractivity contribution is 9.10. The van der Waals surface area contributed by atoms with E-state index in [9.17, 15) is 9.59 Å². The summed E-state index contributed by atoms with van der Waals surface area (Å²) in [7, 11) is 0. The Bertz CT molecular complexity index is 993. The number of carbonyl (C=O) groups is 2. The molecule has 2 aromatic carbocycles. The van der Waals surface area contributed by atoms with Crippen LogP contribution in [0.4, 0.5) is 5.69 Å². The Hall–Kier alpha value is -1.92. The number of amides is 1. The molecule has 0 bridgehead atoms. The first-order valence-corrected chi connectivity index (χ1v) is 9.28. The van der Waals surface area contributed by atoms with Crippen molar-refractivity contribution < 1.29 is 9.59 Å². The topological polar surface area (TPSA) is 51.1 Å². The Morgan fingerprint density at radius 1 is 1.16 bits per heavy atom. The average Bonchev–Trinajstić information content (AvgIpc) is 2.92. The predicted octanol–water partition coefficient (Wildman–Crippen LogP) is 5.23. The number of halogens is 2. The van der Waals surface area contributed by atoms with Crippen LogP contribution in [0.5, 0.6) is 0 Å². The molecule has 25 heavy (non-hydrogen) atoms. The molecule has 1 amide bonds. The summed E-state index contributed by atoms with van der Waals surface area (Å²) in [5.74, 6) is -0.137. The van der Waals surface area contributed by atoms with Gasteiger partial charge in [0.1, 0.15) is 6.54 Å². The average molecular weight is 464 g/mol. The van der Waals surface area contributed by atoms with Crippen LogP contribution < -0.4 is 5.32 Å². The first-order chi connectivity index (χ1) is 11.9. The lowest BCUT2D eigenvalue weighted by molar-refractivity contribution is -0.116. The van der Waals surface area contributed by atoms with E-state index < -0.39 is 0 Å². The largest absolute Gasteiger partial charge is 0.337 e. The second-order valence-corrected chi connectivity index (χ2v) is 7.65. The normalized spacial score (nSPS) is 10.9. The van der Waals surface area contributed by atoms with Crippen molar-refractivity contribution >= 4 is 60.6 Å². The van der Waals surface area contributed by atoms with Crippen molar-refractivity contribution in [3.8, 4) is 0 Å². The molecule has 0 atom stereocenters. The van der Waals surface area contributed by atoms with Crippen LogP contribution in [0.15, 0.2) is 45.5 Å². The summed E-state index contributed by atoms with van der Waals surface area (Å²) in [5, 5.41) is 3.78. The van der Waals surface area contributed by atoms with Crippen molar-refractivity contribution in [3.63, 3.8) is 0 Å². The quantitative estimate of drug-likeness (QED) is 0.538. The molecule has 0 aliphatic rings. The molecule has 0 saturated heterocycles. The van der Waals surface area contributed by atoms with E-state index in [1.54, 1.807) is 10.8 Å². The summed E-state index contributed by atoms with van der Waals surface area (Å²) in [4.78, 5) is 23.8. The first kappa shape index (κ1) is 17.9. The maximum atomic E-state index is 12.5. The molecule has 0 radical (unpaired) electrons. The monoisotopic (exact) mass is 462 g/mol. The Labute approximate surface area is 162 Å². The molecule has 0 aliphatic heterocycles. The zero-order valence-electron chi connectivity index (χ0n) is 13.8. The van der Waals surface area contributed by atoms with Crippen LogP contribution in [0, 0.1) is 13.8 Å². The molecule has 1 N–H and O–H groups in total. The predicted molar refractivity (Wildman–Crippen MR) is 107 cm³/mol. The van der Waals surface area contributed by atoms with Crippen molar-refractivity contribution in [2.75, 3.05) is 5.32 Å². The number of nitrogens with zero attached hydrogens (tertiary/aromatic N) is 1. The van der Waals surface area contributed by atoms with Crippen molar-refractivity contribution in [2.24, 2.45) is 0 Å². The van der Waals surface area contributed by atoms with E-state index in [1.165, 1.54) is 0 Å². The Balaban J connectivity index is 1.88. The standard InChI is InChI=1S/C19H16Br2N2O2/c1-11-12(2)17(5-4-16(11)21)22-19(25)9-23-8-13(10-24)15-7-14(20)3-6-18(15)23/h3-8,10H,9H2,1-2H3,(H,22,25). The van der Waals surface area contributed by atoms with Gasteiger partial charge in [0, 0.05) is 37.3 Å². The van der Waals surface area contributed by atoms with Crippen molar-refractivity contribution in [1.29, 1.82) is 0 Å². The van der Waals surface area contributed by atoms with Gasteiger partial charge in [0.25, 0.3) is 0 Å². The van der Waals surface area contributed by atoms with Gasteiger partial charge in [0.05, 0.1) is 0 Å². The van der Waals surface area contributed by atoms with Crippen molar-refractivity contribution in [3.05, 3.63) is 62.2 Å². The van der Waals surface area contributed by atoms with Gasteiger partial charge in [-0.3, -0.25) is 9.59 Å². The molecule has 3 aromatic rings. The summed E-state index contributed by atoms with van der Waals surface area (Å²) < 4.78 is 3.70. The van der Waals surface area contributed by atoms with Gasteiger partial charge in [-0.25, -0.2) is 0 Å². The van der Waals surface area contributed by atoms with Gasteiger partial charge in [0.15, 0.2) is 6.29 Å². The Morgan fingerprint density at radius 2 is 1.92 bits per heavy atom. The van der Waals surface area contributed by atoms with E-state index >= 15 is 0 Å². The van der Waals surface area contributed by atoms with E-state index in [0.29, 0.717) is 5.56 Å². The maximum Gasteiger partial charge on any atom is 0.244 e. The molecule has 0 aliphatic carbocycles. The fourth-order valence-corrected chi connectivity index (χ4v) is 3.58. The number of carbonyl (C=O) groups excluding carboxylic acids is 2. The first-order valence-electron chi connectivity index (χ1n) is 7.70. The van der Waals surface area contributed by atoms with Crippen LogP contribution in [0.3, 0.4) is 0 Å². The van der Waals surface area contributed by atoms with Gasteiger partial charge in [0.2, 0.25) is 5.91 Å². The minimum Gasteiger partial charge on any atom is -0.337 e. The molecule has 128 valence electrons. The van der Waals surface area contributed by atoms with Gasteiger partial charge >= 0.3 is 0 Å². The number of nitrogens with one attached hydrogen (secondary N) is 1. The summed E-state index contributed by atoms with van der Waals surface area (Å²) in [6, 6.07) is 9.48. The van der Waals surface area contributed by atoms with Gasteiger partial charge in [-0.2, -0.15) is 0 Å². The van der Waals surface area contributed by atoms with Crippen LogP contribution in [0.25, 0.3) is 10.9 Å². The molecule has 1 aromatic heterocycles. The molecule has 6 heteroatoms. The lowest BCUT2D eigenvalue weighted by Crippen LogP contribution is -2.19. The smallest absolute Gasteiger partial charge is 0.244 e. The van der Waals surface area contributed by atoms with E-state index in [2.05, 4.69) is 37.2 Å². The third-order valence-electron chi connectivity index (χ3n) is 4.31. The molecular weight excluding hydrogens is 448 g/mol. The number of aromatic nitrogens is 1. The highest BCUT2D eigenvalue weighted by Gasteiger charge is 2.13. The lowest BCUT2D eigenvalue weighted by Gasteiger charge is -2.12. The van der Waals surface area contributed by atoms with Crippen LogP contribution in [-0.4, -0.2) is 16.8 Å². The van der Waals surface area contributed by atoms with Crippen molar-refractivity contribution in [1.82, 2.24) is 4.57 Å². The highest BCUT2D eigenvalue weighted by atomic mass is 79.9. The molecular formula is C19H16Br2N2O2. The Kier molecular flexibility index (Phi) is 5.11. The second-order valence-electron chi connectivity index (χ2n) is 5.88. The number of hydrogen-bond donors (Lipinski definition) is 1. The van der Waals surface area contributed by atoms with Gasteiger partial charge in [-0.1, -0.05) is 31.9 Å². The van der Waals surface area contributed by atoms with E-state index in [4.69, 9.17) is 0 Å². The molecule has 4 nitrogen and oxygen atoms in total. The molecule has 0 fully saturated rings. The summed E-state index contributed by atoms with van der Waals surface area (Å²) in [5.41, 5.74) is 4.33. The zero-order chi connectivity index (χ0) is 18.1. The maximum absolute atomic E-state index is 12.5. The molecule has 1 heterocycles. The minimum absolute atomic E-state index is 0.137. The molecule has 0 unspecified atom stereocenters. The molecule has 0 saturated carbocycles. The van der Waals surface area contributed by atoms with Gasteiger partial charge in [-0.15, -0.1) is 0 Å². The zero-order valence-corrected chi connectivity index (χ0v) is 16.9. The lowest BCUT2D eigenvalue weighted by atomic mass is 10.1. The Morgan fingerprint density at radius 3 is 2.64 bits per heavy atom. The van der Waals surface area contributed by atoms with Gasteiger partial charge < -0.3 is 9.88 Å². The van der Waals surface area contributed by atoms with Crippen LogP contribution in [0.1, 0.15) is 21.5 Å². The minimum atomic E-state index is -0.137. The van der Waals surface area contributed by atoms with E-state index in [1.807, 2.05) is 44.2 Å². The van der Waals surface area contributed by atoms with Gasteiger partial charge in [-0.05, 0) is 55.3 Å². The summed E-state index contributed by atoms with van der Waals surface area (Å²) in [6.07, 6.45) is 2.52. The fraction of sp³-hybridized carbons (Fsp3) is 0.158. The van der Waals surface area contributed by atoms with E-state index in [-0.39, 0.29) is 12.5 Å². The summed E-state index contributed by atoms with van der Waals surface area (Å²) in [6.45, 7) is 4.12. The highest BCUT2D eigenvalue weighted by Crippen LogP contribution is 2.27. The van der Waals surface area contributed by atoms with Crippen LogP contribution >= 0.6 is 31.9 Å². The number of anilines is 1. The van der Waals surface area contributed by atoms with E-state index in [0.717, 1.165) is 42.9 Å². The molecule has 0 spiro atoms. The fourth-order valence-electron chi connectivity index (χ4n) is 2.79. The SMILES string of the molecule is Cc1c(Br)ccc(NC(=O)Cn2cc(C=O)c3cc(Br)ccc32)c1C. The number of rotatable bonds is 4.